The van der Waals surface area contributed by atoms with Gasteiger partial charge in [0.1, 0.15) is 18.2 Å². The Bertz CT molecular complexity index is 635. The van der Waals surface area contributed by atoms with Crippen molar-refractivity contribution >= 4 is 5.78 Å². The van der Waals surface area contributed by atoms with Crippen LogP contribution in [0.25, 0.3) is 0 Å². The lowest BCUT2D eigenvalue weighted by molar-refractivity contribution is 0.0983. The summed E-state index contributed by atoms with van der Waals surface area (Å²) >= 11 is 0. The van der Waals surface area contributed by atoms with Gasteiger partial charge in [0, 0.05) is 12.0 Å². The summed E-state index contributed by atoms with van der Waals surface area (Å²) in [4.78, 5) is 11.9. The van der Waals surface area contributed by atoms with E-state index < -0.39 is 0 Å². The first kappa shape index (κ1) is 15.0. The van der Waals surface area contributed by atoms with Crippen molar-refractivity contribution in [3.63, 3.8) is 0 Å². The van der Waals surface area contributed by atoms with Crippen LogP contribution in [0.4, 0.5) is 4.39 Å². The van der Waals surface area contributed by atoms with Crippen LogP contribution in [-0.4, -0.2) is 5.78 Å². The molecule has 0 unspecified atom stereocenters. The zero-order valence-electron chi connectivity index (χ0n) is 11.7. The molecular formula is C18H17FO2. The molecule has 0 aromatic heterocycles. The Balaban J connectivity index is 2.00. The van der Waals surface area contributed by atoms with Gasteiger partial charge in [-0.25, -0.2) is 4.39 Å². The van der Waals surface area contributed by atoms with E-state index in [1.54, 1.807) is 42.5 Å². The third kappa shape index (κ3) is 4.56. The molecule has 0 aliphatic rings. The Labute approximate surface area is 123 Å². The maximum atomic E-state index is 13.1. The minimum Gasteiger partial charge on any atom is -0.489 e. The van der Waals surface area contributed by atoms with E-state index in [1.165, 1.54) is 12.1 Å². The molecule has 21 heavy (non-hydrogen) atoms. The Morgan fingerprint density at radius 1 is 1.19 bits per heavy atom. The summed E-state index contributed by atoms with van der Waals surface area (Å²) < 4.78 is 18.7. The van der Waals surface area contributed by atoms with E-state index in [0.717, 1.165) is 5.56 Å². The maximum absolute atomic E-state index is 13.1. The Morgan fingerprint density at radius 2 is 2.00 bits per heavy atom. The molecule has 108 valence electrons. The van der Waals surface area contributed by atoms with Crippen molar-refractivity contribution in [2.75, 3.05) is 0 Å². The van der Waals surface area contributed by atoms with Crippen LogP contribution in [-0.2, 0) is 6.61 Å². The fourth-order valence-corrected chi connectivity index (χ4v) is 1.93. The second kappa shape index (κ2) is 7.39. The van der Waals surface area contributed by atoms with Crippen LogP contribution in [0.15, 0.2) is 61.2 Å². The van der Waals surface area contributed by atoms with Crippen LogP contribution >= 0.6 is 0 Å². The first-order valence-corrected chi connectivity index (χ1v) is 6.80. The molecule has 0 bridgehead atoms. The lowest BCUT2D eigenvalue weighted by Gasteiger charge is -2.08. The molecule has 2 rings (SSSR count). The summed E-state index contributed by atoms with van der Waals surface area (Å²) in [5.74, 6) is 0.374. The summed E-state index contributed by atoms with van der Waals surface area (Å²) in [6, 6.07) is 13.3. The predicted octanol–water partition coefficient (Wildman–Crippen LogP) is 4.55. The minimum atomic E-state index is -0.288. The maximum Gasteiger partial charge on any atom is 0.163 e. The van der Waals surface area contributed by atoms with Crippen LogP contribution in [0.3, 0.4) is 0 Å². The normalized spacial score (nSPS) is 10.1. The van der Waals surface area contributed by atoms with Gasteiger partial charge in [-0.2, -0.15) is 0 Å². The number of rotatable bonds is 7. The van der Waals surface area contributed by atoms with Crippen LogP contribution in [0.1, 0.15) is 28.8 Å². The number of carbonyl (C=O) groups is 1. The summed E-state index contributed by atoms with van der Waals surface area (Å²) in [7, 11) is 0. The van der Waals surface area contributed by atoms with Crippen molar-refractivity contribution in [2.24, 2.45) is 0 Å². The number of benzene rings is 2. The van der Waals surface area contributed by atoms with Crippen LogP contribution < -0.4 is 4.74 Å². The molecule has 0 aliphatic heterocycles. The van der Waals surface area contributed by atoms with Crippen molar-refractivity contribution in [2.45, 2.75) is 19.4 Å². The Hall–Kier alpha value is -2.42. The number of halogens is 1. The molecule has 0 saturated carbocycles. The molecule has 2 aromatic carbocycles. The van der Waals surface area contributed by atoms with Crippen molar-refractivity contribution in [1.29, 1.82) is 0 Å². The standard InChI is InChI=1S/C18H17FO2/c1-2-3-10-18(20)15-7-5-9-17(12-15)21-13-14-6-4-8-16(19)11-14/h2,4-9,11-12H,1,3,10,13H2. The van der Waals surface area contributed by atoms with E-state index in [1.807, 2.05) is 0 Å². The largest absolute Gasteiger partial charge is 0.489 e. The zero-order valence-corrected chi connectivity index (χ0v) is 11.7. The first-order valence-electron chi connectivity index (χ1n) is 6.80. The quantitative estimate of drug-likeness (QED) is 0.550. The fraction of sp³-hybridized carbons (Fsp3) is 0.167. The second-order valence-corrected chi connectivity index (χ2v) is 4.70. The molecule has 0 radical (unpaired) electrons. The van der Waals surface area contributed by atoms with Gasteiger partial charge < -0.3 is 4.74 Å². The number of hydrogen-bond acceptors (Lipinski definition) is 2. The molecule has 3 heteroatoms. The molecule has 0 fully saturated rings. The van der Waals surface area contributed by atoms with E-state index in [4.69, 9.17) is 4.74 Å². The number of hydrogen-bond donors (Lipinski definition) is 0. The van der Waals surface area contributed by atoms with Gasteiger partial charge in [0.05, 0.1) is 0 Å². The van der Waals surface area contributed by atoms with Gasteiger partial charge in [-0.05, 0) is 36.2 Å². The Morgan fingerprint density at radius 3 is 2.76 bits per heavy atom. The number of ether oxygens (including phenoxy) is 1. The number of Topliss-reactive ketones (excluding diaryl/α,β-unsaturated/α-hetero) is 1. The molecule has 0 amide bonds. The smallest absolute Gasteiger partial charge is 0.163 e. The highest BCUT2D eigenvalue weighted by Gasteiger charge is 2.06. The van der Waals surface area contributed by atoms with Gasteiger partial charge in [0.2, 0.25) is 0 Å². The van der Waals surface area contributed by atoms with E-state index in [9.17, 15) is 9.18 Å². The number of ketones is 1. The lowest BCUT2D eigenvalue weighted by atomic mass is 10.1. The molecule has 0 saturated heterocycles. The third-order valence-corrected chi connectivity index (χ3v) is 3.03. The summed E-state index contributed by atoms with van der Waals surface area (Å²) in [6.07, 6.45) is 2.83. The highest BCUT2D eigenvalue weighted by atomic mass is 19.1. The summed E-state index contributed by atoms with van der Waals surface area (Å²) in [5.41, 5.74) is 1.37. The predicted molar refractivity (Wildman–Crippen MR) is 80.9 cm³/mol. The highest BCUT2D eigenvalue weighted by molar-refractivity contribution is 5.96. The molecule has 0 aliphatic carbocycles. The molecule has 0 atom stereocenters. The Kier molecular flexibility index (Phi) is 5.27. The average molecular weight is 284 g/mol. The molecule has 2 nitrogen and oxygen atoms in total. The number of carbonyl (C=O) groups excluding carboxylic acids is 1. The molecular weight excluding hydrogens is 267 g/mol. The van der Waals surface area contributed by atoms with Crippen molar-refractivity contribution in [1.82, 2.24) is 0 Å². The van der Waals surface area contributed by atoms with E-state index in [0.29, 0.717) is 24.2 Å². The van der Waals surface area contributed by atoms with Crippen LogP contribution in [0.2, 0.25) is 0 Å². The van der Waals surface area contributed by atoms with Crippen LogP contribution in [0, 0.1) is 5.82 Å². The zero-order chi connectivity index (χ0) is 15.1. The van der Waals surface area contributed by atoms with Crippen LogP contribution in [0.5, 0.6) is 5.75 Å². The topological polar surface area (TPSA) is 26.3 Å². The van der Waals surface area contributed by atoms with Crippen molar-refractivity contribution in [3.8, 4) is 5.75 Å². The molecule has 0 heterocycles. The van der Waals surface area contributed by atoms with Gasteiger partial charge in [-0.1, -0.05) is 30.3 Å². The summed E-state index contributed by atoms with van der Waals surface area (Å²) in [5, 5.41) is 0. The average Bonchev–Trinajstić information content (AvgIpc) is 2.51. The molecule has 2 aromatic rings. The highest BCUT2D eigenvalue weighted by Crippen LogP contribution is 2.17. The number of allylic oxidation sites excluding steroid dienone is 1. The van der Waals surface area contributed by atoms with Gasteiger partial charge in [0.15, 0.2) is 5.78 Å². The minimum absolute atomic E-state index is 0.0612. The van der Waals surface area contributed by atoms with Crippen molar-refractivity contribution in [3.05, 3.63) is 78.1 Å². The molecule has 0 spiro atoms. The monoisotopic (exact) mass is 284 g/mol. The van der Waals surface area contributed by atoms with Gasteiger partial charge in [-0.3, -0.25) is 4.79 Å². The van der Waals surface area contributed by atoms with E-state index in [2.05, 4.69) is 6.58 Å². The molecule has 0 N–H and O–H groups in total. The van der Waals surface area contributed by atoms with Gasteiger partial charge in [-0.15, -0.1) is 6.58 Å². The van der Waals surface area contributed by atoms with Crippen molar-refractivity contribution < 1.29 is 13.9 Å². The van der Waals surface area contributed by atoms with E-state index >= 15 is 0 Å². The van der Waals surface area contributed by atoms with Gasteiger partial charge in [0.25, 0.3) is 0 Å². The lowest BCUT2D eigenvalue weighted by Crippen LogP contribution is -2.00. The summed E-state index contributed by atoms with van der Waals surface area (Å²) in [6.45, 7) is 3.87. The SMILES string of the molecule is C=CCCC(=O)c1cccc(OCc2cccc(F)c2)c1. The second-order valence-electron chi connectivity index (χ2n) is 4.70. The first-order chi connectivity index (χ1) is 10.2. The van der Waals surface area contributed by atoms with E-state index in [-0.39, 0.29) is 18.2 Å². The third-order valence-electron chi connectivity index (χ3n) is 3.03. The van der Waals surface area contributed by atoms with Gasteiger partial charge >= 0.3 is 0 Å². The fourth-order valence-electron chi connectivity index (χ4n) is 1.93.